The lowest BCUT2D eigenvalue weighted by Gasteiger charge is -2.05. The normalized spacial score (nSPS) is 11.9. The number of halogens is 1. The Morgan fingerprint density at radius 2 is 1.86 bits per heavy atom. The van der Waals surface area contributed by atoms with Crippen LogP contribution in [0.1, 0.15) is 27.4 Å². The monoisotopic (exact) mass is 447 g/mol. The molecule has 4 nitrogen and oxygen atoms in total. The number of hydrogen-bond donors (Lipinski definition) is 1. The maximum absolute atomic E-state index is 12.4. The Labute approximate surface area is 182 Å². The van der Waals surface area contributed by atoms with Gasteiger partial charge in [0.05, 0.1) is 5.75 Å². The third-order valence-electron chi connectivity index (χ3n) is 4.26. The summed E-state index contributed by atoms with van der Waals surface area (Å²) in [5.41, 5.74) is 2.07. The smallest absolute Gasteiger partial charge is 0.287 e. The van der Waals surface area contributed by atoms with Gasteiger partial charge < -0.3 is 9.73 Å². The van der Waals surface area contributed by atoms with E-state index in [0.29, 0.717) is 23.1 Å². The molecule has 1 N–H and O–H groups in total. The maximum atomic E-state index is 12.4. The molecule has 1 atom stereocenters. The van der Waals surface area contributed by atoms with E-state index in [0.717, 1.165) is 12.0 Å². The van der Waals surface area contributed by atoms with E-state index in [-0.39, 0.29) is 17.4 Å². The number of rotatable bonds is 9. The Hall–Kier alpha value is -2.02. The van der Waals surface area contributed by atoms with Crippen LogP contribution >= 0.6 is 23.4 Å². The van der Waals surface area contributed by atoms with Crippen molar-refractivity contribution < 1.29 is 13.4 Å². The standard InChI is InChI=1S/C22H22ClNO3S2/c1-28-20-8-5-16(6-9-20)11-12-24-22(25)21-10-7-19(27-21)15-29(26)14-17-3-2-4-18(23)13-17/h2-10,13H,11-12,14-15H2,1H3,(H,24,25)/t29-/m0/s1. The van der Waals surface area contributed by atoms with Crippen molar-refractivity contribution >= 4 is 40.1 Å². The van der Waals surface area contributed by atoms with Gasteiger partial charge in [0.15, 0.2) is 5.76 Å². The highest BCUT2D eigenvalue weighted by Gasteiger charge is 2.13. The second-order valence-electron chi connectivity index (χ2n) is 6.48. The van der Waals surface area contributed by atoms with Gasteiger partial charge in [0, 0.05) is 33.0 Å². The van der Waals surface area contributed by atoms with Crippen molar-refractivity contribution in [1.82, 2.24) is 5.32 Å². The molecule has 0 radical (unpaired) electrons. The minimum atomic E-state index is -1.15. The quantitative estimate of drug-likeness (QED) is 0.465. The van der Waals surface area contributed by atoms with Crippen LogP contribution in [0.25, 0.3) is 0 Å². The number of hydrogen-bond acceptors (Lipinski definition) is 4. The van der Waals surface area contributed by atoms with E-state index in [1.807, 2.05) is 18.4 Å². The number of amides is 1. The van der Waals surface area contributed by atoms with Gasteiger partial charge in [0.2, 0.25) is 0 Å². The fourth-order valence-electron chi connectivity index (χ4n) is 2.80. The van der Waals surface area contributed by atoms with E-state index in [1.165, 1.54) is 10.5 Å². The van der Waals surface area contributed by atoms with Gasteiger partial charge in [-0.25, -0.2) is 0 Å². The van der Waals surface area contributed by atoms with Crippen LogP contribution in [0.4, 0.5) is 0 Å². The molecule has 0 aliphatic carbocycles. The summed E-state index contributed by atoms with van der Waals surface area (Å²) in [5.74, 6) is 1.14. The van der Waals surface area contributed by atoms with Gasteiger partial charge in [-0.2, -0.15) is 0 Å². The third kappa shape index (κ3) is 6.77. The van der Waals surface area contributed by atoms with E-state index >= 15 is 0 Å². The number of nitrogens with one attached hydrogen (secondary N) is 1. The Bertz CT molecular complexity index is 986. The average Bonchev–Trinajstić information content (AvgIpc) is 3.17. The van der Waals surface area contributed by atoms with Gasteiger partial charge in [-0.1, -0.05) is 35.9 Å². The summed E-state index contributed by atoms with van der Waals surface area (Å²) in [7, 11) is -1.15. The number of furan rings is 1. The zero-order valence-corrected chi connectivity index (χ0v) is 18.4. The Kier molecular flexibility index (Phi) is 7.98. The van der Waals surface area contributed by atoms with Crippen molar-refractivity contribution in [3.8, 4) is 0 Å². The van der Waals surface area contributed by atoms with Crippen LogP contribution in [0.15, 0.2) is 70.0 Å². The van der Waals surface area contributed by atoms with E-state index in [2.05, 4.69) is 29.6 Å². The second kappa shape index (κ2) is 10.7. The highest BCUT2D eigenvalue weighted by atomic mass is 35.5. The minimum absolute atomic E-state index is 0.234. The van der Waals surface area contributed by atoms with Crippen molar-refractivity contribution in [3.63, 3.8) is 0 Å². The lowest BCUT2D eigenvalue weighted by molar-refractivity contribution is 0.0925. The molecule has 29 heavy (non-hydrogen) atoms. The summed E-state index contributed by atoms with van der Waals surface area (Å²) in [4.78, 5) is 13.5. The van der Waals surface area contributed by atoms with Crippen LogP contribution in [0, 0.1) is 0 Å². The fraction of sp³-hybridized carbons (Fsp3) is 0.227. The summed E-state index contributed by atoms with van der Waals surface area (Å²) in [6, 6.07) is 18.9. The Balaban J connectivity index is 1.46. The van der Waals surface area contributed by atoms with Crippen LogP contribution < -0.4 is 5.32 Å². The summed E-state index contributed by atoms with van der Waals surface area (Å²) >= 11 is 7.66. The zero-order chi connectivity index (χ0) is 20.6. The van der Waals surface area contributed by atoms with E-state index in [4.69, 9.17) is 16.0 Å². The van der Waals surface area contributed by atoms with Crippen LogP contribution in [0.2, 0.25) is 5.02 Å². The minimum Gasteiger partial charge on any atom is -0.455 e. The topological polar surface area (TPSA) is 59.3 Å². The van der Waals surface area contributed by atoms with Crippen LogP contribution in [0.5, 0.6) is 0 Å². The van der Waals surface area contributed by atoms with Crippen LogP contribution in [0.3, 0.4) is 0 Å². The first-order chi connectivity index (χ1) is 14.0. The average molecular weight is 448 g/mol. The number of benzene rings is 2. The number of carbonyl (C=O) groups excluding carboxylic acids is 1. The highest BCUT2D eigenvalue weighted by Crippen LogP contribution is 2.16. The van der Waals surface area contributed by atoms with Crippen molar-refractivity contribution in [2.75, 3.05) is 12.8 Å². The van der Waals surface area contributed by atoms with Gasteiger partial charge in [0.25, 0.3) is 5.91 Å². The predicted octanol–water partition coefficient (Wildman–Crippen LogP) is 5.08. The van der Waals surface area contributed by atoms with Crippen LogP contribution in [-0.2, 0) is 28.7 Å². The molecule has 1 heterocycles. The summed E-state index contributed by atoms with van der Waals surface area (Å²) in [5, 5.41) is 3.48. The molecule has 2 aromatic carbocycles. The predicted molar refractivity (Wildman–Crippen MR) is 120 cm³/mol. The van der Waals surface area contributed by atoms with Crippen molar-refractivity contribution in [2.24, 2.45) is 0 Å². The van der Waals surface area contributed by atoms with Gasteiger partial charge in [-0.05, 0) is 60.2 Å². The zero-order valence-electron chi connectivity index (χ0n) is 16.0. The molecule has 1 aromatic heterocycles. The summed E-state index contributed by atoms with van der Waals surface area (Å²) < 4.78 is 17.9. The third-order valence-corrected chi connectivity index (χ3v) is 6.50. The first kappa shape index (κ1) is 21.7. The Morgan fingerprint density at radius 1 is 1.07 bits per heavy atom. The Morgan fingerprint density at radius 3 is 2.59 bits per heavy atom. The SMILES string of the molecule is CSc1ccc(CCNC(=O)c2ccc(C[S@@](=O)Cc3cccc(Cl)c3)o2)cc1. The first-order valence-electron chi connectivity index (χ1n) is 9.13. The molecule has 0 saturated carbocycles. The van der Waals surface area contributed by atoms with Crippen molar-refractivity contribution in [3.05, 3.63) is 88.3 Å². The summed E-state index contributed by atoms with van der Waals surface area (Å²) in [6.45, 7) is 0.522. The molecule has 0 fully saturated rings. The molecule has 0 saturated heterocycles. The van der Waals surface area contributed by atoms with Gasteiger partial charge in [-0.3, -0.25) is 9.00 Å². The molecule has 0 aliphatic rings. The molecule has 3 rings (SSSR count). The number of thioether (sulfide) groups is 1. The molecular formula is C22H22ClNO3S2. The molecular weight excluding hydrogens is 426 g/mol. The van der Waals surface area contributed by atoms with Gasteiger partial charge in [0.1, 0.15) is 5.76 Å². The summed E-state index contributed by atoms with van der Waals surface area (Å²) in [6.07, 6.45) is 2.79. The lowest BCUT2D eigenvalue weighted by Crippen LogP contribution is -2.25. The molecule has 1 amide bonds. The first-order valence-corrected chi connectivity index (χ1v) is 12.2. The maximum Gasteiger partial charge on any atom is 0.287 e. The molecule has 0 spiro atoms. The molecule has 0 unspecified atom stereocenters. The van der Waals surface area contributed by atoms with Crippen molar-refractivity contribution in [1.29, 1.82) is 0 Å². The molecule has 0 bridgehead atoms. The highest BCUT2D eigenvalue weighted by molar-refractivity contribution is 7.98. The molecule has 3 aromatic rings. The molecule has 152 valence electrons. The van der Waals surface area contributed by atoms with E-state index in [1.54, 1.807) is 36.0 Å². The second-order valence-corrected chi connectivity index (χ2v) is 9.25. The fourth-order valence-corrected chi connectivity index (χ4v) is 4.55. The number of carbonyl (C=O) groups is 1. The molecule has 7 heteroatoms. The van der Waals surface area contributed by atoms with Crippen LogP contribution in [-0.4, -0.2) is 22.9 Å². The largest absolute Gasteiger partial charge is 0.455 e. The van der Waals surface area contributed by atoms with Gasteiger partial charge >= 0.3 is 0 Å². The van der Waals surface area contributed by atoms with Gasteiger partial charge in [-0.15, -0.1) is 11.8 Å². The van der Waals surface area contributed by atoms with E-state index in [9.17, 15) is 9.00 Å². The molecule has 0 aliphatic heterocycles. The van der Waals surface area contributed by atoms with Crippen molar-refractivity contribution in [2.45, 2.75) is 22.8 Å². The lowest BCUT2D eigenvalue weighted by atomic mass is 10.1. The van der Waals surface area contributed by atoms with E-state index < -0.39 is 10.8 Å².